The molecule has 0 aliphatic carbocycles. The lowest BCUT2D eigenvalue weighted by Gasteiger charge is -2.09. The average molecular weight is 397 g/mol. The lowest BCUT2D eigenvalue weighted by molar-refractivity contribution is 0.0945. The van der Waals surface area contributed by atoms with Crippen LogP contribution in [0.5, 0.6) is 0 Å². The van der Waals surface area contributed by atoms with E-state index in [2.05, 4.69) is 38.5 Å². The van der Waals surface area contributed by atoms with E-state index in [4.69, 9.17) is 5.73 Å². The van der Waals surface area contributed by atoms with Gasteiger partial charge in [0.25, 0.3) is 5.91 Å². The van der Waals surface area contributed by atoms with Gasteiger partial charge in [-0.25, -0.2) is 9.97 Å². The number of fused-ring (bicyclic) bond motifs is 1. The minimum Gasteiger partial charge on any atom is -0.384 e. The van der Waals surface area contributed by atoms with E-state index in [1.165, 1.54) is 0 Å². The molecule has 0 fully saturated rings. The van der Waals surface area contributed by atoms with E-state index in [-0.39, 0.29) is 5.91 Å². The van der Waals surface area contributed by atoms with Crippen molar-refractivity contribution in [3.63, 3.8) is 0 Å². The highest BCUT2D eigenvalue weighted by atomic mass is 16.1. The molecule has 0 radical (unpaired) electrons. The fourth-order valence-electron chi connectivity index (χ4n) is 3.38. The molecule has 150 valence electrons. The molecular weight excluding hydrogens is 374 g/mol. The molecular formula is C24H23N5O. The first kappa shape index (κ1) is 19.5. The Bertz CT molecular complexity index is 1240. The molecule has 30 heavy (non-hydrogen) atoms. The molecule has 0 bridgehead atoms. The largest absolute Gasteiger partial charge is 0.384 e. The van der Waals surface area contributed by atoms with Crippen LogP contribution in [0.4, 0.5) is 5.82 Å². The van der Waals surface area contributed by atoms with Crippen molar-refractivity contribution in [2.24, 2.45) is 0 Å². The van der Waals surface area contributed by atoms with Crippen LogP contribution in [0.1, 0.15) is 38.6 Å². The zero-order valence-electron chi connectivity index (χ0n) is 17.0. The number of carbonyl (C=O) groups is 1. The van der Waals surface area contributed by atoms with Crippen LogP contribution in [0, 0.1) is 13.8 Å². The molecule has 4 rings (SSSR count). The van der Waals surface area contributed by atoms with Crippen molar-refractivity contribution in [2.45, 2.75) is 26.8 Å². The maximum atomic E-state index is 12.6. The summed E-state index contributed by atoms with van der Waals surface area (Å²) in [5.41, 5.74) is 11.9. The number of aromatic nitrogens is 3. The third-order valence-corrected chi connectivity index (χ3v) is 4.96. The zero-order valence-corrected chi connectivity index (χ0v) is 17.0. The standard InChI is InChI=1S/C24H23N5O/c1-15-10-19-11-17(6-8-21(19)26-13-15)12-20-4-3-5-22(29-20)24(30)27-14-18-7-9-23(25)28-16(18)2/h3-11,13H,12,14H2,1-2H3,(H2,25,28)(H,27,30). The number of aryl methyl sites for hydroxylation is 2. The molecule has 4 aromatic rings. The predicted molar refractivity (Wildman–Crippen MR) is 118 cm³/mol. The summed E-state index contributed by atoms with van der Waals surface area (Å²) in [6.07, 6.45) is 2.51. The van der Waals surface area contributed by atoms with Gasteiger partial charge in [0.15, 0.2) is 0 Å². The molecule has 0 atom stereocenters. The van der Waals surface area contributed by atoms with Crippen LogP contribution in [-0.2, 0) is 13.0 Å². The second kappa shape index (κ2) is 8.29. The maximum Gasteiger partial charge on any atom is 0.270 e. The van der Waals surface area contributed by atoms with Crippen molar-refractivity contribution in [2.75, 3.05) is 5.73 Å². The number of nitrogens with zero attached hydrogens (tertiary/aromatic N) is 3. The number of nitrogens with two attached hydrogens (primary N) is 1. The minimum atomic E-state index is -0.216. The van der Waals surface area contributed by atoms with E-state index in [0.717, 1.165) is 39.0 Å². The van der Waals surface area contributed by atoms with Crippen molar-refractivity contribution in [3.8, 4) is 0 Å². The topological polar surface area (TPSA) is 93.8 Å². The summed E-state index contributed by atoms with van der Waals surface area (Å²) in [6, 6.07) is 17.4. The Hall–Kier alpha value is -3.80. The van der Waals surface area contributed by atoms with Crippen molar-refractivity contribution >= 4 is 22.6 Å². The van der Waals surface area contributed by atoms with Crippen molar-refractivity contribution in [3.05, 3.63) is 94.6 Å². The highest BCUT2D eigenvalue weighted by molar-refractivity contribution is 5.92. The smallest absolute Gasteiger partial charge is 0.270 e. The Morgan fingerprint density at radius 3 is 2.73 bits per heavy atom. The zero-order chi connectivity index (χ0) is 21.1. The summed E-state index contributed by atoms with van der Waals surface area (Å²) in [5.74, 6) is 0.253. The number of hydrogen-bond acceptors (Lipinski definition) is 5. The molecule has 1 aromatic carbocycles. The van der Waals surface area contributed by atoms with Crippen LogP contribution in [0.25, 0.3) is 10.9 Å². The number of carbonyl (C=O) groups excluding carboxylic acids is 1. The van der Waals surface area contributed by atoms with Gasteiger partial charge in [-0.1, -0.05) is 18.2 Å². The maximum absolute atomic E-state index is 12.6. The van der Waals surface area contributed by atoms with Crippen LogP contribution >= 0.6 is 0 Å². The van der Waals surface area contributed by atoms with Crippen molar-refractivity contribution < 1.29 is 4.79 Å². The molecule has 3 heterocycles. The number of hydrogen-bond donors (Lipinski definition) is 2. The van der Waals surface area contributed by atoms with Gasteiger partial charge in [0.05, 0.1) is 5.52 Å². The first-order valence-corrected chi connectivity index (χ1v) is 9.79. The number of pyridine rings is 3. The Kier molecular flexibility index (Phi) is 5.39. The third-order valence-electron chi connectivity index (χ3n) is 4.96. The number of nitrogens with one attached hydrogen (secondary N) is 1. The van der Waals surface area contributed by atoms with Crippen LogP contribution in [0.15, 0.2) is 60.8 Å². The first-order chi connectivity index (χ1) is 14.5. The number of anilines is 1. The van der Waals surface area contributed by atoms with E-state index in [9.17, 15) is 4.79 Å². The molecule has 0 saturated heterocycles. The van der Waals surface area contributed by atoms with Crippen LogP contribution < -0.4 is 11.1 Å². The molecule has 0 saturated carbocycles. The van der Waals surface area contributed by atoms with Crippen LogP contribution in [-0.4, -0.2) is 20.9 Å². The Morgan fingerprint density at radius 1 is 1.03 bits per heavy atom. The average Bonchev–Trinajstić information content (AvgIpc) is 2.73. The first-order valence-electron chi connectivity index (χ1n) is 9.79. The molecule has 0 aliphatic rings. The molecule has 6 nitrogen and oxygen atoms in total. The van der Waals surface area contributed by atoms with Crippen molar-refractivity contribution in [1.29, 1.82) is 0 Å². The van der Waals surface area contributed by atoms with Crippen LogP contribution in [0.2, 0.25) is 0 Å². The van der Waals surface area contributed by atoms with Gasteiger partial charge in [-0.2, -0.15) is 0 Å². The monoisotopic (exact) mass is 397 g/mol. The highest BCUT2D eigenvalue weighted by Crippen LogP contribution is 2.17. The van der Waals surface area contributed by atoms with E-state index in [1.807, 2.05) is 44.3 Å². The normalized spacial score (nSPS) is 10.9. The van der Waals surface area contributed by atoms with Gasteiger partial charge >= 0.3 is 0 Å². The Balaban J connectivity index is 1.47. The molecule has 3 aromatic heterocycles. The lowest BCUT2D eigenvalue weighted by Crippen LogP contribution is -2.24. The number of benzene rings is 1. The molecule has 3 N–H and O–H groups in total. The number of nitrogen functional groups attached to an aromatic ring is 1. The van der Waals surface area contributed by atoms with E-state index >= 15 is 0 Å². The van der Waals surface area contributed by atoms with Gasteiger partial charge in [0.1, 0.15) is 11.5 Å². The van der Waals surface area contributed by atoms with Gasteiger partial charge in [0.2, 0.25) is 0 Å². The quantitative estimate of drug-likeness (QED) is 0.535. The van der Waals surface area contributed by atoms with Crippen LogP contribution in [0.3, 0.4) is 0 Å². The number of rotatable bonds is 5. The summed E-state index contributed by atoms with van der Waals surface area (Å²) in [4.78, 5) is 25.8. The summed E-state index contributed by atoms with van der Waals surface area (Å²) in [5, 5.41) is 4.01. The van der Waals surface area contributed by atoms with E-state index < -0.39 is 0 Å². The summed E-state index contributed by atoms with van der Waals surface area (Å²) in [7, 11) is 0. The highest BCUT2D eigenvalue weighted by Gasteiger charge is 2.10. The molecule has 1 amide bonds. The SMILES string of the molecule is Cc1cnc2ccc(Cc3cccc(C(=O)NCc4ccc(N)nc4C)n3)cc2c1. The fourth-order valence-corrected chi connectivity index (χ4v) is 3.38. The van der Waals surface area contributed by atoms with E-state index in [0.29, 0.717) is 24.5 Å². The van der Waals surface area contributed by atoms with Gasteiger partial charge in [-0.3, -0.25) is 9.78 Å². The summed E-state index contributed by atoms with van der Waals surface area (Å²) >= 11 is 0. The second-order valence-electron chi connectivity index (χ2n) is 7.39. The molecule has 0 unspecified atom stereocenters. The molecule has 6 heteroatoms. The summed E-state index contributed by atoms with van der Waals surface area (Å²) in [6.45, 7) is 4.28. The second-order valence-corrected chi connectivity index (χ2v) is 7.39. The molecule has 0 spiro atoms. The number of amides is 1. The third kappa shape index (κ3) is 4.43. The fraction of sp³-hybridized carbons (Fsp3) is 0.167. The predicted octanol–water partition coefficient (Wildman–Crippen LogP) is 3.74. The Morgan fingerprint density at radius 2 is 1.90 bits per heavy atom. The van der Waals surface area contributed by atoms with Gasteiger partial charge in [0, 0.05) is 35.9 Å². The van der Waals surface area contributed by atoms with Crippen molar-refractivity contribution in [1.82, 2.24) is 20.3 Å². The molecule has 0 aliphatic heterocycles. The summed E-state index contributed by atoms with van der Waals surface area (Å²) < 4.78 is 0. The van der Waals surface area contributed by atoms with Gasteiger partial charge in [-0.15, -0.1) is 0 Å². The van der Waals surface area contributed by atoms with Gasteiger partial charge < -0.3 is 11.1 Å². The Labute approximate surface area is 175 Å². The lowest BCUT2D eigenvalue weighted by atomic mass is 10.1. The van der Waals surface area contributed by atoms with Gasteiger partial charge in [-0.05, 0) is 66.9 Å². The van der Waals surface area contributed by atoms with E-state index in [1.54, 1.807) is 12.1 Å². The minimum absolute atomic E-state index is 0.216.